The van der Waals surface area contributed by atoms with Crippen LogP contribution >= 0.6 is 0 Å². The third kappa shape index (κ3) is 5.52. The summed E-state index contributed by atoms with van der Waals surface area (Å²) >= 11 is 0. The Morgan fingerprint density at radius 1 is 0.692 bits per heavy atom. The predicted octanol–water partition coefficient (Wildman–Crippen LogP) is 7.21. The number of rotatable bonds is 11. The van der Waals surface area contributed by atoms with E-state index in [1.54, 1.807) is 6.07 Å². The van der Waals surface area contributed by atoms with Gasteiger partial charge in [0.05, 0.1) is 0 Å². The minimum absolute atomic E-state index is 0.194. The third-order valence-electron chi connectivity index (χ3n) is 4.93. The molecule has 2 nitrogen and oxygen atoms in total. The molecule has 0 aliphatic carbocycles. The average Bonchev–Trinajstić information content (AvgIpc) is 2.66. The molecule has 2 aromatic carbocycles. The number of para-hydroxylation sites is 2. The molecule has 0 aliphatic heterocycles. The number of unbranched alkanes of at least 4 members (excludes halogenated alkanes) is 3. The van der Waals surface area contributed by atoms with Gasteiger partial charge in [-0.25, -0.2) is 0 Å². The van der Waals surface area contributed by atoms with Crippen molar-refractivity contribution in [3.05, 3.63) is 53.1 Å². The molecule has 0 amide bonds. The fourth-order valence-corrected chi connectivity index (χ4v) is 3.37. The second-order valence-electron chi connectivity index (χ2n) is 7.06. The molecule has 2 rings (SSSR count). The minimum Gasteiger partial charge on any atom is -0.504 e. The van der Waals surface area contributed by atoms with Crippen molar-refractivity contribution in [2.75, 3.05) is 0 Å². The standard InChI is InChI=1S/C24H34O2/c1-4-7-12-19-17-18-23(26-24-16-11-10-15-22(24)25)21(14-9-6-3)20(19)13-8-5-2/h10-11,15-18,25H,4-9,12-14H2,1-3H3. The first-order valence-corrected chi connectivity index (χ1v) is 10.3. The summed E-state index contributed by atoms with van der Waals surface area (Å²) in [6.07, 6.45) is 10.5. The van der Waals surface area contributed by atoms with Crippen molar-refractivity contribution in [3.8, 4) is 17.2 Å². The second-order valence-corrected chi connectivity index (χ2v) is 7.06. The third-order valence-corrected chi connectivity index (χ3v) is 4.93. The Kier molecular flexibility index (Phi) is 8.53. The molecule has 0 heterocycles. The lowest BCUT2D eigenvalue weighted by atomic mass is 9.90. The van der Waals surface area contributed by atoms with Crippen LogP contribution in [0.1, 0.15) is 76.0 Å². The van der Waals surface area contributed by atoms with E-state index in [2.05, 4.69) is 32.9 Å². The molecular weight excluding hydrogens is 320 g/mol. The van der Waals surface area contributed by atoms with Crippen molar-refractivity contribution in [3.63, 3.8) is 0 Å². The number of aromatic hydroxyl groups is 1. The highest BCUT2D eigenvalue weighted by atomic mass is 16.5. The van der Waals surface area contributed by atoms with E-state index < -0.39 is 0 Å². The van der Waals surface area contributed by atoms with Crippen LogP contribution in [0.25, 0.3) is 0 Å². The number of hydrogen-bond donors (Lipinski definition) is 1. The van der Waals surface area contributed by atoms with Gasteiger partial charge in [-0.3, -0.25) is 0 Å². The van der Waals surface area contributed by atoms with Gasteiger partial charge in [0.1, 0.15) is 5.75 Å². The zero-order valence-corrected chi connectivity index (χ0v) is 16.7. The van der Waals surface area contributed by atoms with Crippen LogP contribution in [0.3, 0.4) is 0 Å². The van der Waals surface area contributed by atoms with Crippen LogP contribution in [-0.4, -0.2) is 5.11 Å². The number of hydrogen-bond acceptors (Lipinski definition) is 2. The molecule has 0 saturated carbocycles. The first-order valence-electron chi connectivity index (χ1n) is 10.3. The normalized spacial score (nSPS) is 10.9. The zero-order chi connectivity index (χ0) is 18.8. The first-order chi connectivity index (χ1) is 12.7. The van der Waals surface area contributed by atoms with Crippen LogP contribution in [0.4, 0.5) is 0 Å². The summed E-state index contributed by atoms with van der Waals surface area (Å²) in [4.78, 5) is 0. The summed E-state index contributed by atoms with van der Waals surface area (Å²) < 4.78 is 6.17. The molecule has 1 N–H and O–H groups in total. The molecule has 26 heavy (non-hydrogen) atoms. The predicted molar refractivity (Wildman–Crippen MR) is 110 cm³/mol. The molecule has 2 heteroatoms. The van der Waals surface area contributed by atoms with E-state index in [-0.39, 0.29) is 5.75 Å². The van der Waals surface area contributed by atoms with E-state index in [9.17, 15) is 5.11 Å². The number of benzene rings is 2. The molecule has 0 aliphatic rings. The fourth-order valence-electron chi connectivity index (χ4n) is 3.37. The summed E-state index contributed by atoms with van der Waals surface area (Å²) in [7, 11) is 0. The summed E-state index contributed by atoms with van der Waals surface area (Å²) in [5.41, 5.74) is 4.31. The number of ether oxygens (including phenoxy) is 1. The SMILES string of the molecule is CCCCc1ccc(Oc2ccccc2O)c(CCCC)c1CCCC. The maximum atomic E-state index is 10.1. The highest BCUT2D eigenvalue weighted by Crippen LogP contribution is 2.36. The van der Waals surface area contributed by atoms with Crippen molar-refractivity contribution in [1.82, 2.24) is 0 Å². The Morgan fingerprint density at radius 2 is 1.31 bits per heavy atom. The molecule has 0 fully saturated rings. The van der Waals surface area contributed by atoms with Crippen molar-refractivity contribution in [2.24, 2.45) is 0 Å². The van der Waals surface area contributed by atoms with Crippen LogP contribution in [0.5, 0.6) is 17.2 Å². The van der Waals surface area contributed by atoms with Crippen LogP contribution in [-0.2, 0) is 19.3 Å². The van der Waals surface area contributed by atoms with Gasteiger partial charge >= 0.3 is 0 Å². The van der Waals surface area contributed by atoms with Gasteiger partial charge in [-0.2, -0.15) is 0 Å². The van der Waals surface area contributed by atoms with Crippen LogP contribution < -0.4 is 4.74 Å². The maximum absolute atomic E-state index is 10.1. The Bertz CT molecular complexity index is 676. The second kappa shape index (κ2) is 10.9. The lowest BCUT2D eigenvalue weighted by Gasteiger charge is -2.20. The minimum atomic E-state index is 0.194. The molecule has 0 atom stereocenters. The molecular formula is C24H34O2. The van der Waals surface area contributed by atoms with Gasteiger partial charge < -0.3 is 9.84 Å². The zero-order valence-electron chi connectivity index (χ0n) is 16.7. The van der Waals surface area contributed by atoms with E-state index in [4.69, 9.17) is 4.74 Å². The van der Waals surface area contributed by atoms with Gasteiger partial charge in [0, 0.05) is 0 Å². The van der Waals surface area contributed by atoms with E-state index in [0.29, 0.717) is 5.75 Å². The number of phenols is 1. The Morgan fingerprint density at radius 3 is 1.96 bits per heavy atom. The Labute approximate surface area is 159 Å². The lowest BCUT2D eigenvalue weighted by Crippen LogP contribution is -2.04. The quantitative estimate of drug-likeness (QED) is 0.462. The largest absolute Gasteiger partial charge is 0.504 e. The van der Waals surface area contributed by atoms with Gasteiger partial charge in [-0.15, -0.1) is 0 Å². The molecule has 0 aromatic heterocycles. The maximum Gasteiger partial charge on any atom is 0.169 e. The molecule has 0 bridgehead atoms. The topological polar surface area (TPSA) is 29.5 Å². The van der Waals surface area contributed by atoms with E-state index in [1.165, 1.54) is 48.8 Å². The first kappa shape index (κ1) is 20.4. The highest BCUT2D eigenvalue weighted by molar-refractivity contribution is 5.49. The van der Waals surface area contributed by atoms with Crippen LogP contribution in [0.15, 0.2) is 36.4 Å². The molecule has 0 spiro atoms. The summed E-state index contributed by atoms with van der Waals surface area (Å²) in [5, 5.41) is 10.1. The molecule has 2 aromatic rings. The lowest BCUT2D eigenvalue weighted by molar-refractivity contribution is 0.408. The number of phenolic OH excluding ortho intramolecular Hbond substituents is 1. The Hall–Kier alpha value is -1.96. The van der Waals surface area contributed by atoms with Gasteiger partial charge in [0.25, 0.3) is 0 Å². The smallest absolute Gasteiger partial charge is 0.169 e. The van der Waals surface area contributed by atoms with Gasteiger partial charge in [-0.05, 0) is 73.4 Å². The van der Waals surface area contributed by atoms with Crippen molar-refractivity contribution in [2.45, 2.75) is 78.6 Å². The van der Waals surface area contributed by atoms with E-state index in [1.807, 2.05) is 18.2 Å². The van der Waals surface area contributed by atoms with Crippen LogP contribution in [0, 0.1) is 0 Å². The molecule has 0 unspecified atom stereocenters. The Balaban J connectivity index is 2.42. The van der Waals surface area contributed by atoms with E-state index in [0.717, 1.165) is 31.4 Å². The van der Waals surface area contributed by atoms with Crippen molar-refractivity contribution < 1.29 is 9.84 Å². The van der Waals surface area contributed by atoms with E-state index >= 15 is 0 Å². The van der Waals surface area contributed by atoms with Gasteiger partial charge in [0.2, 0.25) is 0 Å². The summed E-state index contributed by atoms with van der Waals surface area (Å²) in [6.45, 7) is 6.73. The average molecular weight is 355 g/mol. The van der Waals surface area contributed by atoms with Crippen molar-refractivity contribution >= 4 is 0 Å². The van der Waals surface area contributed by atoms with Gasteiger partial charge in [-0.1, -0.05) is 58.2 Å². The monoisotopic (exact) mass is 354 g/mol. The fraction of sp³-hybridized carbons (Fsp3) is 0.500. The molecule has 0 radical (unpaired) electrons. The highest BCUT2D eigenvalue weighted by Gasteiger charge is 2.15. The molecule has 142 valence electrons. The summed E-state index contributed by atoms with van der Waals surface area (Å²) in [5.74, 6) is 1.64. The molecule has 0 saturated heterocycles. The summed E-state index contributed by atoms with van der Waals surface area (Å²) in [6, 6.07) is 11.6. The number of aryl methyl sites for hydroxylation is 1. The van der Waals surface area contributed by atoms with Crippen LogP contribution in [0.2, 0.25) is 0 Å². The van der Waals surface area contributed by atoms with Gasteiger partial charge in [0.15, 0.2) is 11.5 Å². The van der Waals surface area contributed by atoms with Crippen molar-refractivity contribution in [1.29, 1.82) is 0 Å².